The quantitative estimate of drug-likeness (QED) is 0.593. The standard InChI is InChI=1S/C13H22N2O/c1-9-5-6-12(10(2)7-9)13(15-14)8-11(3)16-4/h5-7,11,13,15H,8,14H2,1-4H3. The zero-order chi connectivity index (χ0) is 12.1. The summed E-state index contributed by atoms with van der Waals surface area (Å²) in [7, 11) is 1.72. The van der Waals surface area contributed by atoms with Gasteiger partial charge in [-0.15, -0.1) is 0 Å². The molecule has 2 unspecified atom stereocenters. The molecule has 0 saturated heterocycles. The molecule has 0 aromatic heterocycles. The van der Waals surface area contributed by atoms with Gasteiger partial charge in [0.25, 0.3) is 0 Å². The molecular formula is C13H22N2O. The van der Waals surface area contributed by atoms with Crippen molar-refractivity contribution >= 4 is 0 Å². The van der Waals surface area contributed by atoms with Crippen LogP contribution in [0.4, 0.5) is 0 Å². The SMILES string of the molecule is COC(C)CC(NN)c1ccc(C)cc1C. The summed E-state index contributed by atoms with van der Waals surface area (Å²) in [6.45, 7) is 6.26. The summed E-state index contributed by atoms with van der Waals surface area (Å²) in [5, 5.41) is 0. The zero-order valence-electron chi connectivity index (χ0n) is 10.6. The summed E-state index contributed by atoms with van der Waals surface area (Å²) >= 11 is 0. The lowest BCUT2D eigenvalue weighted by Crippen LogP contribution is -2.31. The fourth-order valence-corrected chi connectivity index (χ4v) is 1.93. The summed E-state index contributed by atoms with van der Waals surface area (Å²) in [4.78, 5) is 0. The third-order valence-corrected chi connectivity index (χ3v) is 2.97. The van der Waals surface area contributed by atoms with Gasteiger partial charge in [0.15, 0.2) is 0 Å². The molecule has 1 rings (SSSR count). The normalized spacial score (nSPS) is 14.8. The molecule has 3 heteroatoms. The van der Waals surface area contributed by atoms with E-state index >= 15 is 0 Å². The predicted octanol–water partition coefficient (Wildman–Crippen LogP) is 2.23. The van der Waals surface area contributed by atoms with Crippen molar-refractivity contribution < 1.29 is 4.74 Å². The van der Waals surface area contributed by atoms with Crippen molar-refractivity contribution in [2.75, 3.05) is 7.11 Å². The van der Waals surface area contributed by atoms with Crippen LogP contribution in [0.15, 0.2) is 18.2 Å². The number of hydrogen-bond acceptors (Lipinski definition) is 3. The lowest BCUT2D eigenvalue weighted by molar-refractivity contribution is 0.100. The van der Waals surface area contributed by atoms with Gasteiger partial charge in [0, 0.05) is 13.2 Å². The number of rotatable bonds is 5. The molecule has 2 atom stereocenters. The van der Waals surface area contributed by atoms with Crippen molar-refractivity contribution in [3.63, 3.8) is 0 Å². The molecule has 0 spiro atoms. The second-order valence-electron chi connectivity index (χ2n) is 4.36. The Labute approximate surface area is 98.0 Å². The van der Waals surface area contributed by atoms with Crippen LogP contribution >= 0.6 is 0 Å². The van der Waals surface area contributed by atoms with Crippen LogP contribution in [-0.2, 0) is 4.74 Å². The van der Waals surface area contributed by atoms with E-state index in [-0.39, 0.29) is 12.1 Å². The first kappa shape index (κ1) is 13.2. The van der Waals surface area contributed by atoms with E-state index in [1.165, 1.54) is 16.7 Å². The summed E-state index contributed by atoms with van der Waals surface area (Å²) in [6.07, 6.45) is 1.07. The van der Waals surface area contributed by atoms with Gasteiger partial charge < -0.3 is 4.74 Å². The van der Waals surface area contributed by atoms with Gasteiger partial charge in [-0.3, -0.25) is 11.3 Å². The molecule has 0 fully saturated rings. The van der Waals surface area contributed by atoms with E-state index in [9.17, 15) is 0 Å². The van der Waals surface area contributed by atoms with E-state index in [0.717, 1.165) is 6.42 Å². The Bertz CT molecular complexity index is 339. The molecule has 3 N–H and O–H groups in total. The molecule has 0 aliphatic rings. The van der Waals surface area contributed by atoms with Crippen LogP contribution in [-0.4, -0.2) is 13.2 Å². The molecule has 0 amide bonds. The maximum Gasteiger partial charge on any atom is 0.0561 e. The molecule has 1 aromatic rings. The molecule has 0 aliphatic carbocycles. The van der Waals surface area contributed by atoms with Crippen molar-refractivity contribution in [1.29, 1.82) is 0 Å². The molecule has 0 aliphatic heterocycles. The van der Waals surface area contributed by atoms with Crippen molar-refractivity contribution in [2.45, 2.75) is 39.3 Å². The van der Waals surface area contributed by atoms with Crippen LogP contribution in [0.2, 0.25) is 0 Å². The Balaban J connectivity index is 2.86. The highest BCUT2D eigenvalue weighted by Crippen LogP contribution is 2.22. The third-order valence-electron chi connectivity index (χ3n) is 2.97. The number of nitrogens with two attached hydrogens (primary N) is 1. The van der Waals surface area contributed by atoms with E-state index in [2.05, 4.69) is 37.5 Å². The van der Waals surface area contributed by atoms with E-state index in [4.69, 9.17) is 10.6 Å². The van der Waals surface area contributed by atoms with Crippen molar-refractivity contribution in [1.82, 2.24) is 5.43 Å². The zero-order valence-corrected chi connectivity index (χ0v) is 10.6. The highest BCUT2D eigenvalue weighted by molar-refractivity contribution is 5.32. The Morgan fingerprint density at radius 2 is 2.06 bits per heavy atom. The van der Waals surface area contributed by atoms with E-state index in [0.29, 0.717) is 0 Å². The summed E-state index contributed by atoms with van der Waals surface area (Å²) in [5.74, 6) is 5.61. The molecule has 0 heterocycles. The third kappa shape index (κ3) is 3.30. The summed E-state index contributed by atoms with van der Waals surface area (Å²) in [5.41, 5.74) is 6.66. The Morgan fingerprint density at radius 3 is 2.56 bits per heavy atom. The van der Waals surface area contributed by atoms with Gasteiger partial charge >= 0.3 is 0 Å². The van der Waals surface area contributed by atoms with Gasteiger partial charge in [-0.1, -0.05) is 23.8 Å². The number of hydrazine groups is 1. The minimum Gasteiger partial charge on any atom is -0.382 e. The number of aryl methyl sites for hydroxylation is 2. The van der Waals surface area contributed by atoms with Gasteiger partial charge in [-0.05, 0) is 38.3 Å². The molecule has 0 saturated carbocycles. The van der Waals surface area contributed by atoms with Crippen molar-refractivity contribution in [3.05, 3.63) is 34.9 Å². The van der Waals surface area contributed by atoms with Gasteiger partial charge in [0.1, 0.15) is 0 Å². The van der Waals surface area contributed by atoms with Crippen LogP contribution < -0.4 is 11.3 Å². The summed E-state index contributed by atoms with van der Waals surface area (Å²) in [6, 6.07) is 6.58. The summed E-state index contributed by atoms with van der Waals surface area (Å²) < 4.78 is 5.27. The van der Waals surface area contributed by atoms with Crippen LogP contribution in [0.3, 0.4) is 0 Å². The molecule has 0 bridgehead atoms. The van der Waals surface area contributed by atoms with Crippen molar-refractivity contribution in [3.8, 4) is 0 Å². The number of methoxy groups -OCH3 is 1. The number of hydrogen-bond donors (Lipinski definition) is 2. The van der Waals surface area contributed by atoms with Crippen molar-refractivity contribution in [2.24, 2.45) is 5.84 Å². The maximum absolute atomic E-state index is 5.61. The average Bonchev–Trinajstić information content (AvgIpc) is 2.26. The second-order valence-corrected chi connectivity index (χ2v) is 4.36. The maximum atomic E-state index is 5.61. The smallest absolute Gasteiger partial charge is 0.0561 e. The molecule has 3 nitrogen and oxygen atoms in total. The van der Waals surface area contributed by atoms with Crippen LogP contribution in [0.1, 0.15) is 36.1 Å². The minimum absolute atomic E-state index is 0.149. The molecule has 1 aromatic carbocycles. The van der Waals surface area contributed by atoms with Gasteiger partial charge in [0.2, 0.25) is 0 Å². The van der Waals surface area contributed by atoms with E-state index < -0.39 is 0 Å². The molecule has 16 heavy (non-hydrogen) atoms. The largest absolute Gasteiger partial charge is 0.382 e. The van der Waals surface area contributed by atoms with E-state index in [1.807, 2.05) is 6.92 Å². The second kappa shape index (κ2) is 5.99. The minimum atomic E-state index is 0.149. The Morgan fingerprint density at radius 1 is 1.38 bits per heavy atom. The number of benzene rings is 1. The first-order chi connectivity index (χ1) is 7.58. The number of nitrogens with one attached hydrogen (secondary N) is 1. The Hall–Kier alpha value is -0.900. The molecular weight excluding hydrogens is 200 g/mol. The molecule has 90 valence electrons. The predicted molar refractivity (Wildman–Crippen MR) is 67.1 cm³/mol. The molecule has 0 radical (unpaired) electrons. The lowest BCUT2D eigenvalue weighted by Gasteiger charge is -2.21. The lowest BCUT2D eigenvalue weighted by atomic mass is 9.96. The van der Waals surface area contributed by atoms with Gasteiger partial charge in [-0.2, -0.15) is 0 Å². The first-order valence-corrected chi connectivity index (χ1v) is 5.64. The fourth-order valence-electron chi connectivity index (χ4n) is 1.93. The average molecular weight is 222 g/mol. The van der Waals surface area contributed by atoms with Crippen LogP contribution in [0.25, 0.3) is 0 Å². The van der Waals surface area contributed by atoms with Gasteiger partial charge in [-0.25, -0.2) is 0 Å². The topological polar surface area (TPSA) is 47.3 Å². The highest BCUT2D eigenvalue weighted by atomic mass is 16.5. The highest BCUT2D eigenvalue weighted by Gasteiger charge is 2.15. The van der Waals surface area contributed by atoms with Crippen LogP contribution in [0.5, 0.6) is 0 Å². The van der Waals surface area contributed by atoms with Crippen LogP contribution in [0, 0.1) is 13.8 Å². The van der Waals surface area contributed by atoms with E-state index in [1.54, 1.807) is 7.11 Å². The number of ether oxygens (including phenoxy) is 1. The fraction of sp³-hybridized carbons (Fsp3) is 0.538. The van der Waals surface area contributed by atoms with Gasteiger partial charge in [0.05, 0.1) is 6.10 Å². The Kier molecular flexibility index (Phi) is 4.93. The monoisotopic (exact) mass is 222 g/mol. The first-order valence-electron chi connectivity index (χ1n) is 5.64.